The summed E-state index contributed by atoms with van der Waals surface area (Å²) in [7, 11) is 0. The molecule has 0 fully saturated rings. The maximum atomic E-state index is 12.0. The van der Waals surface area contributed by atoms with Crippen LogP contribution in [-0.2, 0) is 4.79 Å². The van der Waals surface area contributed by atoms with Crippen molar-refractivity contribution in [2.75, 3.05) is 0 Å². The van der Waals surface area contributed by atoms with E-state index in [1.807, 2.05) is 19.9 Å². The van der Waals surface area contributed by atoms with Gasteiger partial charge in [0.2, 0.25) is 0 Å². The number of hydrogen-bond donors (Lipinski definition) is 1. The van der Waals surface area contributed by atoms with Crippen molar-refractivity contribution in [1.29, 1.82) is 0 Å². The highest BCUT2D eigenvalue weighted by Crippen LogP contribution is 2.21. The summed E-state index contributed by atoms with van der Waals surface area (Å²) in [4.78, 5) is 12.0. The van der Waals surface area contributed by atoms with Crippen LogP contribution in [0.2, 0.25) is 5.02 Å². The van der Waals surface area contributed by atoms with Gasteiger partial charge in [-0.15, -0.1) is 0 Å². The summed E-state index contributed by atoms with van der Waals surface area (Å²) in [5.74, 6) is 0.949. The minimum Gasteiger partial charge on any atom is -0.481 e. The van der Waals surface area contributed by atoms with Gasteiger partial charge in [0.15, 0.2) is 6.10 Å². The van der Waals surface area contributed by atoms with Crippen molar-refractivity contribution in [3.05, 3.63) is 28.8 Å². The van der Waals surface area contributed by atoms with Crippen LogP contribution in [0.4, 0.5) is 0 Å². The van der Waals surface area contributed by atoms with Crippen molar-refractivity contribution in [3.8, 4) is 5.75 Å². The molecule has 1 aromatic rings. The standard InChI is InChI=1S/C15H22ClNO2/c1-9(2)11(4)17-15(18)12(5)19-13-6-7-14(16)10(3)8-13/h6-9,11-12H,1-5H3,(H,17,18)/t11-,12-/m0/s1. The highest BCUT2D eigenvalue weighted by molar-refractivity contribution is 6.31. The van der Waals surface area contributed by atoms with Crippen LogP contribution < -0.4 is 10.1 Å². The normalized spacial score (nSPS) is 14.1. The average molecular weight is 284 g/mol. The summed E-state index contributed by atoms with van der Waals surface area (Å²) in [5, 5.41) is 3.63. The number of benzene rings is 1. The Morgan fingerprint density at radius 1 is 1.26 bits per heavy atom. The van der Waals surface area contributed by atoms with Gasteiger partial charge in [0.1, 0.15) is 5.75 Å². The third-order valence-corrected chi connectivity index (χ3v) is 3.61. The van der Waals surface area contributed by atoms with Crippen LogP contribution in [0.25, 0.3) is 0 Å². The predicted octanol–water partition coefficient (Wildman–Crippen LogP) is 3.58. The number of carbonyl (C=O) groups is 1. The lowest BCUT2D eigenvalue weighted by Gasteiger charge is -2.21. The molecule has 106 valence electrons. The first-order valence-electron chi connectivity index (χ1n) is 6.54. The number of nitrogens with one attached hydrogen (secondary N) is 1. The zero-order chi connectivity index (χ0) is 14.6. The van der Waals surface area contributed by atoms with Gasteiger partial charge in [0.05, 0.1) is 0 Å². The largest absolute Gasteiger partial charge is 0.481 e. The fraction of sp³-hybridized carbons (Fsp3) is 0.533. The molecule has 0 radical (unpaired) electrons. The van der Waals surface area contributed by atoms with Gasteiger partial charge < -0.3 is 10.1 Å². The van der Waals surface area contributed by atoms with Crippen LogP contribution in [0, 0.1) is 12.8 Å². The fourth-order valence-electron chi connectivity index (χ4n) is 1.46. The van der Waals surface area contributed by atoms with E-state index in [1.54, 1.807) is 19.1 Å². The van der Waals surface area contributed by atoms with Crippen molar-refractivity contribution in [1.82, 2.24) is 5.32 Å². The van der Waals surface area contributed by atoms with Gasteiger partial charge in [-0.05, 0) is 50.5 Å². The van der Waals surface area contributed by atoms with Gasteiger partial charge in [-0.2, -0.15) is 0 Å². The van der Waals surface area contributed by atoms with E-state index in [4.69, 9.17) is 16.3 Å². The molecule has 0 aliphatic rings. The average Bonchev–Trinajstić information content (AvgIpc) is 2.33. The van der Waals surface area contributed by atoms with Crippen molar-refractivity contribution in [3.63, 3.8) is 0 Å². The molecule has 3 nitrogen and oxygen atoms in total. The zero-order valence-corrected chi connectivity index (χ0v) is 12.9. The van der Waals surface area contributed by atoms with E-state index >= 15 is 0 Å². The van der Waals surface area contributed by atoms with Gasteiger partial charge in [-0.3, -0.25) is 4.79 Å². The van der Waals surface area contributed by atoms with Crippen LogP contribution >= 0.6 is 11.6 Å². The van der Waals surface area contributed by atoms with Gasteiger partial charge in [-0.25, -0.2) is 0 Å². The molecule has 0 bridgehead atoms. The molecule has 0 unspecified atom stereocenters. The van der Waals surface area contributed by atoms with E-state index in [-0.39, 0.29) is 11.9 Å². The lowest BCUT2D eigenvalue weighted by atomic mass is 10.1. The second kappa shape index (κ2) is 6.80. The van der Waals surface area contributed by atoms with E-state index in [9.17, 15) is 4.79 Å². The van der Waals surface area contributed by atoms with Gasteiger partial charge in [0, 0.05) is 11.1 Å². The molecular formula is C15H22ClNO2. The third kappa shape index (κ3) is 4.75. The molecule has 1 amide bonds. The van der Waals surface area contributed by atoms with E-state index in [0.717, 1.165) is 5.56 Å². The third-order valence-electron chi connectivity index (χ3n) is 3.18. The summed E-state index contributed by atoms with van der Waals surface area (Å²) in [6, 6.07) is 5.50. The van der Waals surface area contributed by atoms with Crippen LogP contribution in [0.5, 0.6) is 5.75 Å². The molecule has 1 aromatic carbocycles. The van der Waals surface area contributed by atoms with Gasteiger partial charge in [-0.1, -0.05) is 25.4 Å². The van der Waals surface area contributed by atoms with E-state index < -0.39 is 6.10 Å². The SMILES string of the molecule is Cc1cc(O[C@@H](C)C(=O)N[C@@H](C)C(C)C)ccc1Cl. The predicted molar refractivity (Wildman–Crippen MR) is 78.7 cm³/mol. The second-order valence-electron chi connectivity index (χ2n) is 5.21. The highest BCUT2D eigenvalue weighted by Gasteiger charge is 2.18. The molecule has 19 heavy (non-hydrogen) atoms. The number of aryl methyl sites for hydroxylation is 1. The number of amides is 1. The number of ether oxygens (including phenoxy) is 1. The molecule has 0 aromatic heterocycles. The molecule has 0 heterocycles. The Labute approximate surface area is 120 Å². The fourth-order valence-corrected chi connectivity index (χ4v) is 1.57. The molecule has 0 spiro atoms. The maximum absolute atomic E-state index is 12.0. The Hall–Kier alpha value is -1.22. The Kier molecular flexibility index (Phi) is 5.67. The minimum atomic E-state index is -0.526. The maximum Gasteiger partial charge on any atom is 0.260 e. The molecule has 2 atom stereocenters. The zero-order valence-electron chi connectivity index (χ0n) is 12.2. The summed E-state index contributed by atoms with van der Waals surface area (Å²) in [6.07, 6.45) is -0.526. The Morgan fingerprint density at radius 2 is 1.89 bits per heavy atom. The monoisotopic (exact) mass is 283 g/mol. The summed E-state index contributed by atoms with van der Waals surface area (Å²) in [5.41, 5.74) is 0.933. The Bertz CT molecular complexity index is 446. The first kappa shape index (κ1) is 15.8. The van der Waals surface area contributed by atoms with E-state index in [0.29, 0.717) is 16.7 Å². The summed E-state index contributed by atoms with van der Waals surface area (Å²) < 4.78 is 5.62. The number of hydrogen-bond acceptors (Lipinski definition) is 2. The Balaban J connectivity index is 2.61. The lowest BCUT2D eigenvalue weighted by molar-refractivity contribution is -0.128. The molecular weight excluding hydrogens is 262 g/mol. The van der Waals surface area contributed by atoms with Crippen LogP contribution in [-0.4, -0.2) is 18.1 Å². The first-order valence-corrected chi connectivity index (χ1v) is 6.92. The first-order chi connectivity index (χ1) is 8.81. The molecule has 1 rings (SSSR count). The second-order valence-corrected chi connectivity index (χ2v) is 5.62. The summed E-state index contributed by atoms with van der Waals surface area (Å²) >= 11 is 5.95. The molecule has 0 saturated heterocycles. The van der Waals surface area contributed by atoms with Crippen LogP contribution in [0.1, 0.15) is 33.3 Å². The lowest BCUT2D eigenvalue weighted by Crippen LogP contribution is -2.43. The van der Waals surface area contributed by atoms with Crippen molar-refractivity contribution < 1.29 is 9.53 Å². The van der Waals surface area contributed by atoms with Crippen molar-refractivity contribution in [2.24, 2.45) is 5.92 Å². The molecule has 1 N–H and O–H groups in total. The summed E-state index contributed by atoms with van der Waals surface area (Å²) in [6.45, 7) is 9.77. The Morgan fingerprint density at radius 3 is 2.42 bits per heavy atom. The number of rotatable bonds is 5. The van der Waals surface area contributed by atoms with E-state index in [1.165, 1.54) is 0 Å². The highest BCUT2D eigenvalue weighted by atomic mass is 35.5. The quantitative estimate of drug-likeness (QED) is 0.897. The van der Waals surface area contributed by atoms with E-state index in [2.05, 4.69) is 19.2 Å². The smallest absolute Gasteiger partial charge is 0.260 e. The number of carbonyl (C=O) groups excluding carboxylic acids is 1. The van der Waals surface area contributed by atoms with Crippen LogP contribution in [0.15, 0.2) is 18.2 Å². The minimum absolute atomic E-state index is 0.103. The van der Waals surface area contributed by atoms with Crippen LogP contribution in [0.3, 0.4) is 0 Å². The molecule has 4 heteroatoms. The van der Waals surface area contributed by atoms with Gasteiger partial charge >= 0.3 is 0 Å². The van der Waals surface area contributed by atoms with Crippen molar-refractivity contribution >= 4 is 17.5 Å². The number of halogens is 1. The molecule has 0 saturated carbocycles. The molecule has 0 aliphatic carbocycles. The molecule has 0 aliphatic heterocycles. The van der Waals surface area contributed by atoms with Crippen molar-refractivity contribution in [2.45, 2.75) is 46.8 Å². The topological polar surface area (TPSA) is 38.3 Å². The van der Waals surface area contributed by atoms with Gasteiger partial charge in [0.25, 0.3) is 5.91 Å².